The lowest BCUT2D eigenvalue weighted by molar-refractivity contribution is -0.128. The molecule has 0 saturated heterocycles. The summed E-state index contributed by atoms with van der Waals surface area (Å²) in [5.41, 5.74) is 1.05. The lowest BCUT2D eigenvalue weighted by Gasteiger charge is -2.11. The highest BCUT2D eigenvalue weighted by Gasteiger charge is 2.25. The predicted molar refractivity (Wildman–Crippen MR) is 83.4 cm³/mol. The van der Waals surface area contributed by atoms with Gasteiger partial charge >= 0.3 is 12.0 Å². The quantitative estimate of drug-likeness (QED) is 0.837. The van der Waals surface area contributed by atoms with Gasteiger partial charge in [-0.1, -0.05) is 11.6 Å². The van der Waals surface area contributed by atoms with Crippen molar-refractivity contribution >= 4 is 40.5 Å². The van der Waals surface area contributed by atoms with E-state index >= 15 is 0 Å². The van der Waals surface area contributed by atoms with E-state index in [1.54, 1.807) is 25.1 Å². The first-order valence-corrected chi connectivity index (χ1v) is 7.13. The Morgan fingerprint density at radius 1 is 1.30 bits per heavy atom. The second-order valence-electron chi connectivity index (χ2n) is 4.81. The number of fused-ring (bicyclic) bond motifs is 1. The summed E-state index contributed by atoms with van der Waals surface area (Å²) in [6.07, 6.45) is -1.16. The summed E-state index contributed by atoms with van der Waals surface area (Å²) < 4.78 is 10.5. The number of rotatable bonds is 3. The Morgan fingerprint density at radius 3 is 2.65 bits per heavy atom. The molecule has 0 aliphatic carbocycles. The third-order valence-corrected chi connectivity index (χ3v) is 3.44. The van der Waals surface area contributed by atoms with E-state index in [0.29, 0.717) is 21.6 Å². The van der Waals surface area contributed by atoms with Crippen LogP contribution in [0.15, 0.2) is 22.6 Å². The van der Waals surface area contributed by atoms with Gasteiger partial charge in [0, 0.05) is 23.0 Å². The average molecular weight is 339 g/mol. The van der Waals surface area contributed by atoms with Crippen LogP contribution in [0.3, 0.4) is 0 Å². The summed E-state index contributed by atoms with van der Waals surface area (Å²) in [6.45, 7) is 3.04. The zero-order valence-corrected chi connectivity index (χ0v) is 13.5. The molecule has 1 atom stereocenters. The van der Waals surface area contributed by atoms with Gasteiger partial charge in [-0.05, 0) is 32.0 Å². The summed E-state index contributed by atoms with van der Waals surface area (Å²) in [7, 11) is 1.36. The number of nitrogens with one attached hydrogen (secondary N) is 2. The number of urea groups is 1. The van der Waals surface area contributed by atoms with Gasteiger partial charge in [0.25, 0.3) is 5.91 Å². The Morgan fingerprint density at radius 2 is 2.00 bits per heavy atom. The minimum absolute atomic E-state index is 0.0122. The van der Waals surface area contributed by atoms with Gasteiger partial charge in [-0.2, -0.15) is 0 Å². The van der Waals surface area contributed by atoms with E-state index in [9.17, 15) is 14.4 Å². The van der Waals surface area contributed by atoms with Crippen LogP contribution >= 0.6 is 11.6 Å². The number of hydrogen-bond acceptors (Lipinski definition) is 5. The monoisotopic (exact) mass is 338 g/mol. The number of furan rings is 1. The van der Waals surface area contributed by atoms with Crippen molar-refractivity contribution in [3.63, 3.8) is 0 Å². The number of ether oxygens (including phenoxy) is 1. The fraction of sp³-hybridized carbons (Fsp3) is 0.267. The standard InChI is InChI=1S/C15H15ClN2O5/c1-7-10-6-9(16)4-5-11(10)23-12(7)14(20)22-8(2)13(19)18-15(21)17-3/h4-6,8H,1-3H3,(H2,17,18,19,21)/t8-/m1/s1. The van der Waals surface area contributed by atoms with Gasteiger partial charge in [-0.15, -0.1) is 0 Å². The fourth-order valence-electron chi connectivity index (χ4n) is 1.93. The molecule has 2 N–H and O–H groups in total. The van der Waals surface area contributed by atoms with E-state index in [0.717, 1.165) is 0 Å². The van der Waals surface area contributed by atoms with E-state index in [1.165, 1.54) is 14.0 Å². The van der Waals surface area contributed by atoms with Gasteiger partial charge in [0.15, 0.2) is 6.10 Å². The third-order valence-electron chi connectivity index (χ3n) is 3.20. The van der Waals surface area contributed by atoms with E-state index in [-0.39, 0.29) is 5.76 Å². The van der Waals surface area contributed by atoms with Crippen LogP contribution in [0.25, 0.3) is 11.0 Å². The Kier molecular flexibility index (Phi) is 4.90. The van der Waals surface area contributed by atoms with Gasteiger partial charge in [0.2, 0.25) is 5.76 Å². The van der Waals surface area contributed by atoms with E-state index in [4.69, 9.17) is 20.8 Å². The molecule has 0 spiro atoms. The van der Waals surface area contributed by atoms with Crippen LogP contribution in [0.2, 0.25) is 5.02 Å². The highest BCUT2D eigenvalue weighted by Crippen LogP contribution is 2.28. The predicted octanol–water partition coefficient (Wildman–Crippen LogP) is 2.40. The molecule has 1 heterocycles. The molecule has 0 saturated carbocycles. The molecule has 0 aliphatic rings. The maximum absolute atomic E-state index is 12.2. The summed E-state index contributed by atoms with van der Waals surface area (Å²) in [5, 5.41) is 5.45. The van der Waals surface area contributed by atoms with Crippen molar-refractivity contribution in [1.29, 1.82) is 0 Å². The summed E-state index contributed by atoms with van der Waals surface area (Å²) in [6, 6.07) is 4.27. The fourth-order valence-corrected chi connectivity index (χ4v) is 2.10. The number of imide groups is 1. The Balaban J connectivity index is 2.16. The highest BCUT2D eigenvalue weighted by atomic mass is 35.5. The van der Waals surface area contributed by atoms with E-state index < -0.39 is 24.0 Å². The molecule has 2 rings (SSSR count). The van der Waals surface area contributed by atoms with Crippen LogP contribution in [0, 0.1) is 6.92 Å². The van der Waals surface area contributed by atoms with Gasteiger partial charge in [0.05, 0.1) is 0 Å². The molecule has 8 heteroatoms. The second-order valence-corrected chi connectivity index (χ2v) is 5.25. The van der Waals surface area contributed by atoms with Crippen molar-refractivity contribution in [2.75, 3.05) is 7.05 Å². The minimum Gasteiger partial charge on any atom is -0.449 e. The summed E-state index contributed by atoms with van der Waals surface area (Å²) in [4.78, 5) is 34.9. The highest BCUT2D eigenvalue weighted by molar-refractivity contribution is 6.31. The number of carbonyl (C=O) groups is 3. The number of benzene rings is 1. The Bertz CT molecular complexity index is 784. The topological polar surface area (TPSA) is 97.6 Å². The van der Waals surface area contributed by atoms with Crippen molar-refractivity contribution in [3.8, 4) is 0 Å². The maximum atomic E-state index is 12.2. The number of carbonyl (C=O) groups excluding carboxylic acids is 3. The third kappa shape index (κ3) is 3.62. The van der Waals surface area contributed by atoms with Gasteiger partial charge < -0.3 is 14.5 Å². The Hall–Kier alpha value is -2.54. The molecule has 122 valence electrons. The molecule has 0 radical (unpaired) electrons. The number of aryl methyl sites for hydroxylation is 1. The number of halogens is 1. The molecule has 3 amide bonds. The molecule has 0 aliphatic heterocycles. The molecule has 1 aromatic carbocycles. The second kappa shape index (κ2) is 6.70. The minimum atomic E-state index is -1.16. The van der Waals surface area contributed by atoms with Gasteiger partial charge in [-0.3, -0.25) is 10.1 Å². The smallest absolute Gasteiger partial charge is 0.375 e. The van der Waals surface area contributed by atoms with Gasteiger partial charge in [-0.25, -0.2) is 9.59 Å². The molecule has 2 aromatic rings. The largest absolute Gasteiger partial charge is 0.449 e. The van der Waals surface area contributed by atoms with Crippen molar-refractivity contribution < 1.29 is 23.5 Å². The van der Waals surface area contributed by atoms with Crippen LogP contribution in [-0.4, -0.2) is 31.1 Å². The van der Waals surface area contributed by atoms with Gasteiger partial charge in [0.1, 0.15) is 5.58 Å². The first-order valence-electron chi connectivity index (χ1n) is 6.75. The number of hydrogen-bond donors (Lipinski definition) is 2. The number of esters is 1. The summed E-state index contributed by atoms with van der Waals surface area (Å²) >= 11 is 5.92. The van der Waals surface area contributed by atoms with E-state index in [1.807, 2.05) is 5.32 Å². The molecular formula is C15H15ClN2O5. The average Bonchev–Trinajstić information content (AvgIpc) is 2.83. The lowest BCUT2D eigenvalue weighted by Crippen LogP contribution is -2.43. The maximum Gasteiger partial charge on any atom is 0.375 e. The van der Waals surface area contributed by atoms with Crippen molar-refractivity contribution in [2.45, 2.75) is 20.0 Å². The van der Waals surface area contributed by atoms with Crippen molar-refractivity contribution in [1.82, 2.24) is 10.6 Å². The number of amides is 3. The van der Waals surface area contributed by atoms with E-state index in [2.05, 4.69) is 5.32 Å². The van der Waals surface area contributed by atoms with Crippen LogP contribution in [0.1, 0.15) is 23.0 Å². The zero-order chi connectivity index (χ0) is 17.1. The van der Waals surface area contributed by atoms with Crippen molar-refractivity contribution in [2.24, 2.45) is 0 Å². The normalized spacial score (nSPS) is 11.8. The summed E-state index contributed by atoms with van der Waals surface area (Å²) in [5.74, 6) is -1.55. The molecule has 0 fully saturated rings. The first-order chi connectivity index (χ1) is 10.8. The van der Waals surface area contributed by atoms with Crippen LogP contribution in [0.5, 0.6) is 0 Å². The Labute approximate surface area is 136 Å². The van der Waals surface area contributed by atoms with Crippen LogP contribution < -0.4 is 10.6 Å². The van der Waals surface area contributed by atoms with Crippen LogP contribution in [-0.2, 0) is 9.53 Å². The molecule has 0 unspecified atom stereocenters. The van der Waals surface area contributed by atoms with Crippen LogP contribution in [0.4, 0.5) is 4.79 Å². The molecular weight excluding hydrogens is 324 g/mol. The first kappa shape index (κ1) is 16.8. The zero-order valence-electron chi connectivity index (χ0n) is 12.7. The molecule has 7 nitrogen and oxygen atoms in total. The molecule has 1 aromatic heterocycles. The lowest BCUT2D eigenvalue weighted by atomic mass is 10.1. The molecule has 0 bridgehead atoms. The SMILES string of the molecule is CNC(=O)NC(=O)[C@@H](C)OC(=O)c1oc2ccc(Cl)cc2c1C. The molecule has 23 heavy (non-hydrogen) atoms. The van der Waals surface area contributed by atoms with Crippen molar-refractivity contribution in [3.05, 3.63) is 34.5 Å².